The molecule has 3 nitrogen and oxygen atoms in total. The van der Waals surface area contributed by atoms with Gasteiger partial charge in [-0.2, -0.15) is 0 Å². The number of carbonyl (C=O) groups is 1. The van der Waals surface area contributed by atoms with Crippen LogP contribution < -0.4 is 9.64 Å². The number of anilines is 1. The van der Waals surface area contributed by atoms with E-state index in [1.165, 1.54) is 5.56 Å². The van der Waals surface area contributed by atoms with E-state index >= 15 is 0 Å². The molecule has 0 aliphatic carbocycles. The average molecular weight is 344 g/mol. The summed E-state index contributed by atoms with van der Waals surface area (Å²) in [5.74, 6) is 1.01. The van der Waals surface area contributed by atoms with Gasteiger partial charge in [0.1, 0.15) is 5.75 Å². The molecule has 0 saturated heterocycles. The summed E-state index contributed by atoms with van der Waals surface area (Å²) in [6.07, 6.45) is 0.902. The third kappa shape index (κ3) is 3.27. The Morgan fingerprint density at radius 3 is 2.79 bits per heavy atom. The van der Waals surface area contributed by atoms with Gasteiger partial charge < -0.3 is 9.64 Å². The van der Waals surface area contributed by atoms with Crippen LogP contribution in [0.15, 0.2) is 36.4 Å². The van der Waals surface area contributed by atoms with Crippen molar-refractivity contribution in [2.24, 2.45) is 0 Å². The fourth-order valence-electron chi connectivity index (χ4n) is 3.06. The van der Waals surface area contributed by atoms with Gasteiger partial charge in [-0.1, -0.05) is 43.6 Å². The Balaban J connectivity index is 1.75. The van der Waals surface area contributed by atoms with E-state index in [-0.39, 0.29) is 18.4 Å². The summed E-state index contributed by atoms with van der Waals surface area (Å²) >= 11 is 6.22. The largest absolute Gasteiger partial charge is 0.483 e. The van der Waals surface area contributed by atoms with Gasteiger partial charge in [0.15, 0.2) is 6.61 Å². The van der Waals surface area contributed by atoms with E-state index in [2.05, 4.69) is 19.9 Å². The fraction of sp³-hybridized carbons (Fsp3) is 0.350. The molecule has 0 spiro atoms. The third-order valence-corrected chi connectivity index (χ3v) is 4.86. The van der Waals surface area contributed by atoms with Gasteiger partial charge in [-0.3, -0.25) is 4.79 Å². The van der Waals surface area contributed by atoms with Crippen molar-refractivity contribution in [1.82, 2.24) is 0 Å². The number of aryl methyl sites for hydroxylation is 1. The number of amides is 1. The molecule has 0 N–H and O–H groups in total. The average Bonchev–Trinajstić information content (AvgIpc) is 2.99. The van der Waals surface area contributed by atoms with Crippen LogP contribution in [0.5, 0.6) is 5.75 Å². The molecule has 1 heterocycles. The normalized spacial score (nSPS) is 13.3. The van der Waals surface area contributed by atoms with Crippen LogP contribution in [0.3, 0.4) is 0 Å². The van der Waals surface area contributed by atoms with Crippen molar-refractivity contribution in [3.05, 3.63) is 58.1 Å². The van der Waals surface area contributed by atoms with Crippen molar-refractivity contribution in [3.8, 4) is 5.75 Å². The quantitative estimate of drug-likeness (QED) is 0.802. The highest BCUT2D eigenvalue weighted by atomic mass is 35.5. The molecule has 0 atom stereocenters. The predicted octanol–water partition coefficient (Wildman–Crippen LogP) is 4.74. The predicted molar refractivity (Wildman–Crippen MR) is 98.3 cm³/mol. The zero-order valence-electron chi connectivity index (χ0n) is 14.3. The molecule has 1 aliphatic rings. The second-order valence-electron chi connectivity index (χ2n) is 6.51. The van der Waals surface area contributed by atoms with Crippen LogP contribution >= 0.6 is 11.6 Å². The molecule has 126 valence electrons. The summed E-state index contributed by atoms with van der Waals surface area (Å²) in [5.41, 5.74) is 4.20. The lowest BCUT2D eigenvalue weighted by molar-refractivity contribution is -0.120. The van der Waals surface area contributed by atoms with Crippen LogP contribution in [0, 0.1) is 6.92 Å². The zero-order chi connectivity index (χ0) is 17.3. The highest BCUT2D eigenvalue weighted by Gasteiger charge is 2.24. The SMILES string of the molecule is Cc1cc(OCC(=O)N2CCc3ccccc32)c(C(C)C)cc1Cl. The number of nitrogens with zero attached hydrogens (tertiary/aromatic N) is 1. The molecular weight excluding hydrogens is 322 g/mol. The topological polar surface area (TPSA) is 29.5 Å². The lowest BCUT2D eigenvalue weighted by Crippen LogP contribution is -2.33. The van der Waals surface area contributed by atoms with Crippen molar-refractivity contribution in [2.75, 3.05) is 18.1 Å². The number of carbonyl (C=O) groups excluding carboxylic acids is 1. The molecule has 0 aromatic heterocycles. The number of ether oxygens (including phenoxy) is 1. The fourth-order valence-corrected chi connectivity index (χ4v) is 3.23. The summed E-state index contributed by atoms with van der Waals surface area (Å²) in [5, 5.41) is 0.728. The first-order chi connectivity index (χ1) is 11.5. The lowest BCUT2D eigenvalue weighted by Gasteiger charge is -2.20. The van der Waals surface area contributed by atoms with Gasteiger partial charge in [-0.05, 0) is 54.2 Å². The van der Waals surface area contributed by atoms with Gasteiger partial charge in [0.2, 0.25) is 0 Å². The summed E-state index contributed by atoms with van der Waals surface area (Å²) < 4.78 is 5.87. The third-order valence-electron chi connectivity index (χ3n) is 4.45. The van der Waals surface area contributed by atoms with E-state index < -0.39 is 0 Å². The van der Waals surface area contributed by atoms with Crippen LogP contribution in [0.25, 0.3) is 0 Å². The van der Waals surface area contributed by atoms with Crippen molar-refractivity contribution in [1.29, 1.82) is 0 Å². The van der Waals surface area contributed by atoms with Gasteiger partial charge in [0.05, 0.1) is 0 Å². The Morgan fingerprint density at radius 1 is 1.29 bits per heavy atom. The molecule has 3 rings (SSSR count). The highest BCUT2D eigenvalue weighted by Crippen LogP contribution is 2.32. The number of halogens is 1. The van der Waals surface area contributed by atoms with E-state index in [0.29, 0.717) is 0 Å². The van der Waals surface area contributed by atoms with Crippen LogP contribution in [-0.4, -0.2) is 19.1 Å². The van der Waals surface area contributed by atoms with Crippen LogP contribution in [-0.2, 0) is 11.2 Å². The van der Waals surface area contributed by atoms with Crippen molar-refractivity contribution in [2.45, 2.75) is 33.1 Å². The van der Waals surface area contributed by atoms with Crippen LogP contribution in [0.2, 0.25) is 5.02 Å². The minimum absolute atomic E-state index is 0.0118. The molecule has 1 aliphatic heterocycles. The maximum atomic E-state index is 12.6. The van der Waals surface area contributed by atoms with Gasteiger partial charge in [0.25, 0.3) is 5.91 Å². The second kappa shape index (κ2) is 6.86. The highest BCUT2D eigenvalue weighted by molar-refractivity contribution is 6.31. The van der Waals surface area contributed by atoms with Crippen LogP contribution in [0.1, 0.15) is 36.5 Å². The minimum atomic E-state index is -0.0118. The number of para-hydroxylation sites is 1. The second-order valence-corrected chi connectivity index (χ2v) is 6.91. The Labute approximate surface area is 148 Å². The molecule has 2 aromatic carbocycles. The molecule has 0 fully saturated rings. The first kappa shape index (κ1) is 16.8. The van der Waals surface area contributed by atoms with Gasteiger partial charge in [-0.15, -0.1) is 0 Å². The molecule has 24 heavy (non-hydrogen) atoms. The van der Waals surface area contributed by atoms with E-state index in [1.807, 2.05) is 42.2 Å². The Kier molecular flexibility index (Phi) is 4.81. The maximum Gasteiger partial charge on any atom is 0.264 e. The smallest absolute Gasteiger partial charge is 0.264 e. The van der Waals surface area contributed by atoms with Gasteiger partial charge in [0, 0.05) is 17.3 Å². The summed E-state index contributed by atoms with van der Waals surface area (Å²) in [4.78, 5) is 14.4. The Bertz CT molecular complexity index is 770. The Morgan fingerprint density at radius 2 is 2.04 bits per heavy atom. The first-order valence-electron chi connectivity index (χ1n) is 8.28. The first-order valence-corrected chi connectivity index (χ1v) is 8.66. The number of fused-ring (bicyclic) bond motifs is 1. The summed E-state index contributed by atoms with van der Waals surface area (Å²) in [6.45, 7) is 6.88. The van der Waals surface area contributed by atoms with E-state index in [0.717, 1.165) is 40.6 Å². The van der Waals surface area contributed by atoms with E-state index in [1.54, 1.807) is 0 Å². The van der Waals surface area contributed by atoms with Crippen molar-refractivity contribution < 1.29 is 9.53 Å². The summed E-state index contributed by atoms with van der Waals surface area (Å²) in [6, 6.07) is 11.9. The van der Waals surface area contributed by atoms with E-state index in [4.69, 9.17) is 16.3 Å². The summed E-state index contributed by atoms with van der Waals surface area (Å²) in [7, 11) is 0. The minimum Gasteiger partial charge on any atom is -0.483 e. The lowest BCUT2D eigenvalue weighted by atomic mass is 10.0. The molecule has 0 radical (unpaired) electrons. The molecule has 2 aromatic rings. The van der Waals surface area contributed by atoms with Crippen LogP contribution in [0.4, 0.5) is 5.69 Å². The van der Waals surface area contributed by atoms with Gasteiger partial charge >= 0.3 is 0 Å². The molecule has 4 heteroatoms. The maximum absolute atomic E-state index is 12.6. The number of benzene rings is 2. The zero-order valence-corrected chi connectivity index (χ0v) is 15.1. The molecular formula is C20H22ClNO2. The standard InChI is InChI=1S/C20H22ClNO2/c1-13(2)16-11-17(21)14(3)10-19(16)24-12-20(23)22-9-8-15-6-4-5-7-18(15)22/h4-7,10-11,13H,8-9,12H2,1-3H3. The molecule has 0 bridgehead atoms. The monoisotopic (exact) mass is 343 g/mol. The number of hydrogen-bond acceptors (Lipinski definition) is 2. The van der Waals surface area contributed by atoms with Gasteiger partial charge in [-0.25, -0.2) is 0 Å². The van der Waals surface area contributed by atoms with Crippen molar-refractivity contribution in [3.63, 3.8) is 0 Å². The molecule has 0 saturated carbocycles. The number of rotatable bonds is 4. The Hall–Kier alpha value is -2.00. The van der Waals surface area contributed by atoms with Crippen molar-refractivity contribution >= 4 is 23.2 Å². The molecule has 1 amide bonds. The molecule has 0 unspecified atom stereocenters. The van der Waals surface area contributed by atoms with E-state index in [9.17, 15) is 4.79 Å². The number of hydrogen-bond donors (Lipinski definition) is 0.